The summed E-state index contributed by atoms with van der Waals surface area (Å²) < 4.78 is 22.0. The number of ether oxygens (including phenoxy) is 3. The topological polar surface area (TPSA) is 92.0 Å². The number of furan rings is 1. The SMILES string of the molecule is COC(=O)[C@@H]1C[C@H](OCSC)C(=O)[C@H]2[C@@]1(C)CC[C@H]1C(=O)O[C@@H](c3ccoc3)C[C@]21C. The van der Waals surface area contributed by atoms with Crippen molar-refractivity contribution in [3.63, 3.8) is 0 Å². The van der Waals surface area contributed by atoms with E-state index in [4.69, 9.17) is 18.6 Å². The van der Waals surface area contributed by atoms with Crippen molar-refractivity contribution in [2.24, 2.45) is 28.6 Å². The predicted molar refractivity (Wildman–Crippen MR) is 113 cm³/mol. The van der Waals surface area contributed by atoms with Gasteiger partial charge >= 0.3 is 11.9 Å². The fraction of sp³-hybridized carbons (Fsp3) is 0.696. The Morgan fingerprint density at radius 1 is 1.29 bits per heavy atom. The smallest absolute Gasteiger partial charge is 0.310 e. The number of thioether (sulfide) groups is 1. The van der Waals surface area contributed by atoms with Crippen LogP contribution in [0.5, 0.6) is 0 Å². The molecular weight excluding hydrogens is 420 g/mol. The normalized spacial score (nSPS) is 39.9. The summed E-state index contributed by atoms with van der Waals surface area (Å²) in [4.78, 5) is 39.7. The zero-order chi connectivity index (χ0) is 22.4. The molecule has 0 radical (unpaired) electrons. The minimum atomic E-state index is -0.685. The van der Waals surface area contributed by atoms with Gasteiger partial charge in [0.05, 0.1) is 37.4 Å². The summed E-state index contributed by atoms with van der Waals surface area (Å²) in [6.07, 6.45) is 5.85. The van der Waals surface area contributed by atoms with E-state index in [1.165, 1.54) is 18.9 Å². The molecule has 0 N–H and O–H groups in total. The molecule has 2 aliphatic carbocycles. The number of ketones is 1. The first-order chi connectivity index (χ1) is 14.8. The molecule has 8 heteroatoms. The molecule has 1 saturated heterocycles. The maximum Gasteiger partial charge on any atom is 0.310 e. The van der Waals surface area contributed by atoms with E-state index >= 15 is 0 Å². The third kappa shape index (κ3) is 3.52. The lowest BCUT2D eigenvalue weighted by atomic mass is 9.43. The van der Waals surface area contributed by atoms with Crippen LogP contribution in [0.15, 0.2) is 23.0 Å². The van der Waals surface area contributed by atoms with Crippen LogP contribution < -0.4 is 0 Å². The molecule has 3 fully saturated rings. The van der Waals surface area contributed by atoms with Gasteiger partial charge < -0.3 is 18.6 Å². The van der Waals surface area contributed by atoms with Gasteiger partial charge in [-0.25, -0.2) is 0 Å². The number of hydrogen-bond acceptors (Lipinski definition) is 8. The maximum atomic E-state index is 13.8. The molecule has 2 saturated carbocycles. The van der Waals surface area contributed by atoms with Gasteiger partial charge in [0, 0.05) is 11.5 Å². The Bertz CT molecular complexity index is 852. The summed E-state index contributed by atoms with van der Waals surface area (Å²) in [5, 5.41) is 0. The van der Waals surface area contributed by atoms with E-state index in [0.717, 1.165) is 5.56 Å². The van der Waals surface area contributed by atoms with E-state index < -0.39 is 40.8 Å². The van der Waals surface area contributed by atoms with Gasteiger partial charge in [-0.2, -0.15) is 0 Å². The van der Waals surface area contributed by atoms with Crippen LogP contribution >= 0.6 is 11.8 Å². The molecule has 0 bridgehead atoms. The minimum Gasteiger partial charge on any atom is -0.472 e. The number of Topliss-reactive ketones (excluding diaryl/α,β-unsaturated/α-hetero) is 1. The molecule has 4 rings (SSSR count). The van der Waals surface area contributed by atoms with E-state index in [0.29, 0.717) is 31.6 Å². The summed E-state index contributed by atoms with van der Waals surface area (Å²) in [5.41, 5.74) is -0.481. The van der Waals surface area contributed by atoms with E-state index in [1.54, 1.807) is 18.6 Å². The van der Waals surface area contributed by atoms with Crippen LogP contribution in [0.2, 0.25) is 0 Å². The largest absolute Gasteiger partial charge is 0.472 e. The van der Waals surface area contributed by atoms with Crippen LogP contribution in [0.4, 0.5) is 0 Å². The van der Waals surface area contributed by atoms with Gasteiger partial charge in [0.25, 0.3) is 0 Å². The van der Waals surface area contributed by atoms with Gasteiger partial charge in [0.1, 0.15) is 12.2 Å². The van der Waals surface area contributed by atoms with Gasteiger partial charge in [-0.3, -0.25) is 14.4 Å². The Morgan fingerprint density at radius 3 is 2.71 bits per heavy atom. The predicted octanol–water partition coefficient (Wildman–Crippen LogP) is 3.77. The highest BCUT2D eigenvalue weighted by molar-refractivity contribution is 7.98. The fourth-order valence-corrected chi connectivity index (χ4v) is 6.76. The van der Waals surface area contributed by atoms with Gasteiger partial charge in [0.2, 0.25) is 0 Å². The number of hydrogen-bond donors (Lipinski definition) is 0. The summed E-state index contributed by atoms with van der Waals surface area (Å²) in [7, 11) is 1.38. The van der Waals surface area contributed by atoms with E-state index in [9.17, 15) is 14.4 Å². The summed E-state index contributed by atoms with van der Waals surface area (Å²) >= 11 is 1.49. The molecule has 1 aromatic heterocycles. The molecule has 0 amide bonds. The van der Waals surface area contributed by atoms with Crippen LogP contribution in [-0.4, -0.2) is 43.1 Å². The van der Waals surface area contributed by atoms with Crippen molar-refractivity contribution in [3.05, 3.63) is 24.2 Å². The second-order valence-corrected chi connectivity index (χ2v) is 10.3. The summed E-state index contributed by atoms with van der Waals surface area (Å²) in [6.45, 7) is 4.02. The first kappa shape index (κ1) is 22.4. The number of cyclic esters (lactones) is 1. The highest BCUT2D eigenvalue weighted by Crippen LogP contribution is 2.65. The Balaban J connectivity index is 1.77. The third-order valence-corrected chi connectivity index (χ3v) is 8.26. The molecule has 7 nitrogen and oxygen atoms in total. The molecule has 7 atom stereocenters. The van der Waals surface area contributed by atoms with E-state index in [2.05, 4.69) is 0 Å². The molecule has 1 aromatic rings. The number of methoxy groups -OCH3 is 1. The zero-order valence-electron chi connectivity index (χ0n) is 18.4. The monoisotopic (exact) mass is 450 g/mol. The molecule has 1 aliphatic heterocycles. The van der Waals surface area contributed by atoms with E-state index in [1.807, 2.05) is 20.1 Å². The van der Waals surface area contributed by atoms with Crippen molar-refractivity contribution in [3.8, 4) is 0 Å². The lowest BCUT2D eigenvalue weighted by Gasteiger charge is -2.61. The molecule has 2 heterocycles. The van der Waals surface area contributed by atoms with E-state index in [-0.39, 0.29) is 17.7 Å². The molecule has 3 aliphatic rings. The standard InChI is InChI=1S/C23H30O7S/c1-22-7-5-14-21(26)30-17(13-6-8-28-11-13)10-23(14,2)19(22)18(24)16(29-12-31-4)9-15(22)20(25)27-3/h6,8,11,14-17,19H,5,7,9-10,12H2,1-4H3/t14-,15-,16-,17+,19-,22-,23-/m0/s1. The van der Waals surface area contributed by atoms with Gasteiger partial charge in [-0.15, -0.1) is 11.8 Å². The Hall–Kier alpha value is -1.80. The fourth-order valence-electron chi connectivity index (χ4n) is 6.46. The van der Waals surface area contributed by atoms with Crippen LogP contribution in [0.1, 0.15) is 51.2 Å². The van der Waals surface area contributed by atoms with Crippen molar-refractivity contribution in [1.29, 1.82) is 0 Å². The lowest BCUT2D eigenvalue weighted by Crippen LogP contribution is -2.64. The van der Waals surface area contributed by atoms with Crippen LogP contribution in [0.3, 0.4) is 0 Å². The molecule has 0 aromatic carbocycles. The van der Waals surface area contributed by atoms with Crippen molar-refractivity contribution >= 4 is 29.5 Å². The second-order valence-electron chi connectivity index (χ2n) is 9.50. The number of carbonyl (C=O) groups is 3. The van der Waals surface area contributed by atoms with Gasteiger partial charge in [0.15, 0.2) is 5.78 Å². The molecule has 0 unspecified atom stereocenters. The highest BCUT2D eigenvalue weighted by Gasteiger charge is 2.67. The molecule has 0 spiro atoms. The first-order valence-electron chi connectivity index (χ1n) is 10.7. The van der Waals surface area contributed by atoms with Crippen LogP contribution in [0, 0.1) is 28.6 Å². The second kappa shape index (κ2) is 8.28. The number of carbonyl (C=O) groups excluding carboxylic acids is 3. The van der Waals surface area contributed by atoms with Crippen molar-refractivity contribution in [2.45, 2.75) is 51.7 Å². The van der Waals surface area contributed by atoms with Gasteiger partial charge in [-0.1, -0.05) is 13.8 Å². The number of fused-ring (bicyclic) bond motifs is 3. The lowest BCUT2D eigenvalue weighted by molar-refractivity contribution is -0.209. The Kier molecular flexibility index (Phi) is 5.98. The summed E-state index contributed by atoms with van der Waals surface area (Å²) in [6, 6.07) is 1.79. The Labute approximate surface area is 186 Å². The van der Waals surface area contributed by atoms with Crippen molar-refractivity contribution in [2.75, 3.05) is 19.3 Å². The van der Waals surface area contributed by atoms with Crippen molar-refractivity contribution in [1.82, 2.24) is 0 Å². The zero-order valence-corrected chi connectivity index (χ0v) is 19.2. The molecule has 170 valence electrons. The quantitative estimate of drug-likeness (QED) is 0.494. The molecule has 31 heavy (non-hydrogen) atoms. The maximum absolute atomic E-state index is 13.8. The van der Waals surface area contributed by atoms with Crippen molar-refractivity contribution < 1.29 is 33.0 Å². The number of esters is 2. The first-order valence-corrected chi connectivity index (χ1v) is 12.1. The minimum absolute atomic E-state index is 0.00968. The van der Waals surface area contributed by atoms with Crippen LogP contribution in [-0.2, 0) is 28.6 Å². The average molecular weight is 451 g/mol. The number of rotatable bonds is 5. The van der Waals surface area contributed by atoms with Crippen LogP contribution in [0.25, 0.3) is 0 Å². The Morgan fingerprint density at radius 2 is 2.06 bits per heavy atom. The summed E-state index contributed by atoms with van der Waals surface area (Å²) in [5.74, 6) is -1.60. The highest BCUT2D eigenvalue weighted by atomic mass is 32.2. The van der Waals surface area contributed by atoms with Gasteiger partial charge in [-0.05, 0) is 48.8 Å². The average Bonchev–Trinajstić information content (AvgIpc) is 3.26. The molecular formula is C23H30O7S. The third-order valence-electron chi connectivity index (χ3n) is 7.89.